The molecule has 3 aromatic rings. The average molecular weight is 383 g/mol. The summed E-state index contributed by atoms with van der Waals surface area (Å²) in [5.74, 6) is 1.11. The van der Waals surface area contributed by atoms with Crippen LogP contribution in [0.1, 0.15) is 36.7 Å². The van der Waals surface area contributed by atoms with E-state index in [0.29, 0.717) is 30.9 Å². The van der Waals surface area contributed by atoms with Crippen molar-refractivity contribution in [2.75, 3.05) is 13.2 Å². The molecule has 140 valence electrons. The number of nitrogens with zero attached hydrogens (tertiary/aromatic N) is 4. The molecule has 0 bridgehead atoms. The maximum absolute atomic E-state index is 11.4. The first-order chi connectivity index (χ1) is 13.2. The van der Waals surface area contributed by atoms with Crippen molar-refractivity contribution >= 4 is 28.3 Å². The zero-order valence-corrected chi connectivity index (χ0v) is 16.0. The number of imidazole rings is 1. The Morgan fingerprint density at radius 3 is 2.96 bits per heavy atom. The summed E-state index contributed by atoms with van der Waals surface area (Å²) in [6.07, 6.45) is 7.53. The lowest BCUT2D eigenvalue weighted by Gasteiger charge is -2.12. The summed E-state index contributed by atoms with van der Waals surface area (Å²) in [4.78, 5) is 26.1. The highest BCUT2D eigenvalue weighted by Gasteiger charge is 2.28. The van der Waals surface area contributed by atoms with Crippen LogP contribution in [0.3, 0.4) is 0 Å². The van der Waals surface area contributed by atoms with Crippen LogP contribution in [-0.2, 0) is 4.79 Å². The van der Waals surface area contributed by atoms with Gasteiger partial charge in [-0.25, -0.2) is 15.0 Å². The van der Waals surface area contributed by atoms with Gasteiger partial charge >= 0.3 is 0 Å². The van der Waals surface area contributed by atoms with Crippen LogP contribution >= 0.6 is 11.3 Å². The lowest BCUT2D eigenvalue weighted by Crippen LogP contribution is -2.14. The van der Waals surface area contributed by atoms with E-state index in [2.05, 4.69) is 19.9 Å². The molecule has 1 aliphatic carbocycles. The number of hydrogen-bond acceptors (Lipinski definition) is 6. The number of nitrogens with one attached hydrogen (secondary N) is 1. The number of thiazole rings is 1. The zero-order valence-electron chi connectivity index (χ0n) is 15.1. The number of pyridine rings is 1. The van der Waals surface area contributed by atoms with Crippen molar-refractivity contribution < 1.29 is 9.53 Å². The molecule has 1 atom stereocenters. The Morgan fingerprint density at radius 2 is 2.26 bits per heavy atom. The van der Waals surface area contributed by atoms with Crippen LogP contribution in [0.4, 0.5) is 0 Å². The molecular weight excluding hydrogens is 362 g/mol. The molecule has 0 spiro atoms. The SMILES string of the molecule is Cc1ncc(-c2cc3ncn(C4CC4)c3c(OCC[C@H]3CNC(=O)C3)n2)s1. The summed E-state index contributed by atoms with van der Waals surface area (Å²) in [6, 6.07) is 2.53. The van der Waals surface area contributed by atoms with Crippen molar-refractivity contribution in [2.45, 2.75) is 38.6 Å². The van der Waals surface area contributed by atoms with E-state index in [0.717, 1.165) is 39.6 Å². The maximum atomic E-state index is 11.4. The van der Waals surface area contributed by atoms with Crippen molar-refractivity contribution in [1.29, 1.82) is 0 Å². The van der Waals surface area contributed by atoms with Gasteiger partial charge in [0, 0.05) is 25.2 Å². The summed E-state index contributed by atoms with van der Waals surface area (Å²) in [5.41, 5.74) is 2.73. The van der Waals surface area contributed by atoms with E-state index < -0.39 is 0 Å². The van der Waals surface area contributed by atoms with Gasteiger partial charge in [0.2, 0.25) is 11.8 Å². The topological polar surface area (TPSA) is 81.9 Å². The molecule has 1 saturated carbocycles. The highest BCUT2D eigenvalue weighted by molar-refractivity contribution is 7.15. The number of aryl methyl sites for hydroxylation is 1. The number of carbonyl (C=O) groups is 1. The molecular formula is C19H21N5O2S. The second-order valence-corrected chi connectivity index (χ2v) is 8.55. The van der Waals surface area contributed by atoms with Crippen LogP contribution in [0.25, 0.3) is 21.6 Å². The van der Waals surface area contributed by atoms with Crippen LogP contribution in [0.15, 0.2) is 18.6 Å². The van der Waals surface area contributed by atoms with Gasteiger partial charge in [-0.2, -0.15) is 0 Å². The van der Waals surface area contributed by atoms with Crippen LogP contribution in [0.5, 0.6) is 5.88 Å². The van der Waals surface area contributed by atoms with Crippen LogP contribution < -0.4 is 10.1 Å². The number of carbonyl (C=O) groups excluding carboxylic acids is 1. The third kappa shape index (κ3) is 3.29. The molecule has 2 fully saturated rings. The highest BCUT2D eigenvalue weighted by atomic mass is 32.1. The van der Waals surface area contributed by atoms with Gasteiger partial charge in [-0.3, -0.25) is 4.79 Å². The lowest BCUT2D eigenvalue weighted by atomic mass is 10.1. The minimum atomic E-state index is 0.134. The molecule has 1 amide bonds. The molecule has 0 aromatic carbocycles. The average Bonchev–Trinajstić information content (AvgIpc) is 3.05. The first-order valence-electron chi connectivity index (χ1n) is 9.37. The fraction of sp³-hybridized carbons (Fsp3) is 0.474. The minimum Gasteiger partial charge on any atom is -0.476 e. The summed E-state index contributed by atoms with van der Waals surface area (Å²) in [6.45, 7) is 3.27. The van der Waals surface area contributed by atoms with Crippen LogP contribution in [0, 0.1) is 12.8 Å². The summed E-state index contributed by atoms with van der Waals surface area (Å²) < 4.78 is 8.33. The molecule has 27 heavy (non-hydrogen) atoms. The number of rotatable bonds is 6. The number of aromatic nitrogens is 4. The third-order valence-corrected chi connectivity index (χ3v) is 6.10. The molecule has 0 radical (unpaired) electrons. The number of amides is 1. The molecule has 1 saturated heterocycles. The Labute approximate surface area is 160 Å². The van der Waals surface area contributed by atoms with Crippen molar-refractivity contribution in [1.82, 2.24) is 24.8 Å². The molecule has 4 heterocycles. The number of hydrogen-bond donors (Lipinski definition) is 1. The third-order valence-electron chi connectivity index (χ3n) is 5.16. The van der Waals surface area contributed by atoms with E-state index in [-0.39, 0.29) is 5.91 Å². The standard InChI is InChI=1S/C19H21N5O2S/c1-11-20-9-16(27-11)14-7-15-18(24(10-22-15)13-2-3-13)19(23-14)26-5-4-12-6-17(25)21-8-12/h7,9-10,12-13H,2-6,8H2,1H3,(H,21,25)/t12-/m1/s1. The Balaban J connectivity index is 1.45. The monoisotopic (exact) mass is 383 g/mol. The smallest absolute Gasteiger partial charge is 0.240 e. The molecule has 7 nitrogen and oxygen atoms in total. The van der Waals surface area contributed by atoms with Crippen LogP contribution in [-0.4, -0.2) is 38.6 Å². The number of ether oxygens (including phenoxy) is 1. The molecule has 0 unspecified atom stereocenters. The van der Waals surface area contributed by atoms with Crippen molar-refractivity contribution in [3.8, 4) is 16.5 Å². The van der Waals surface area contributed by atoms with Gasteiger partial charge < -0.3 is 14.6 Å². The van der Waals surface area contributed by atoms with Crippen molar-refractivity contribution in [2.24, 2.45) is 5.92 Å². The molecule has 2 aliphatic rings. The number of fused-ring (bicyclic) bond motifs is 1. The predicted octanol–water partition coefficient (Wildman–Crippen LogP) is 3.10. The van der Waals surface area contributed by atoms with Gasteiger partial charge in [-0.15, -0.1) is 11.3 Å². The molecule has 1 N–H and O–H groups in total. The van der Waals surface area contributed by atoms with E-state index in [1.54, 1.807) is 11.3 Å². The largest absolute Gasteiger partial charge is 0.476 e. The van der Waals surface area contributed by atoms with Gasteiger partial charge in [0.05, 0.1) is 34.0 Å². The molecule has 1 aliphatic heterocycles. The van der Waals surface area contributed by atoms with E-state index >= 15 is 0 Å². The van der Waals surface area contributed by atoms with E-state index in [1.807, 2.05) is 25.5 Å². The highest BCUT2D eigenvalue weighted by Crippen LogP contribution is 2.40. The van der Waals surface area contributed by atoms with Gasteiger partial charge in [0.1, 0.15) is 5.52 Å². The van der Waals surface area contributed by atoms with E-state index in [4.69, 9.17) is 9.72 Å². The van der Waals surface area contributed by atoms with Crippen LogP contribution in [0.2, 0.25) is 0 Å². The van der Waals surface area contributed by atoms with Gasteiger partial charge in [-0.1, -0.05) is 0 Å². The molecule has 8 heteroatoms. The first kappa shape index (κ1) is 16.7. The van der Waals surface area contributed by atoms with Gasteiger partial charge in [0.15, 0.2) is 0 Å². The second-order valence-electron chi connectivity index (χ2n) is 7.32. The fourth-order valence-electron chi connectivity index (χ4n) is 3.55. The normalized spacial score (nSPS) is 19.6. The molecule has 3 aromatic heterocycles. The van der Waals surface area contributed by atoms with Gasteiger partial charge in [-0.05, 0) is 38.2 Å². The second kappa shape index (κ2) is 6.60. The van der Waals surface area contributed by atoms with Crippen molar-refractivity contribution in [3.63, 3.8) is 0 Å². The minimum absolute atomic E-state index is 0.134. The summed E-state index contributed by atoms with van der Waals surface area (Å²) in [5, 5.41) is 3.89. The zero-order chi connectivity index (χ0) is 18.4. The first-order valence-corrected chi connectivity index (χ1v) is 10.2. The van der Waals surface area contributed by atoms with Crippen molar-refractivity contribution in [3.05, 3.63) is 23.6 Å². The molecule has 5 rings (SSSR count). The lowest BCUT2D eigenvalue weighted by molar-refractivity contribution is -0.119. The van der Waals surface area contributed by atoms with Gasteiger partial charge in [0.25, 0.3) is 0 Å². The summed E-state index contributed by atoms with van der Waals surface area (Å²) >= 11 is 1.62. The quantitative estimate of drug-likeness (QED) is 0.707. The summed E-state index contributed by atoms with van der Waals surface area (Å²) in [7, 11) is 0. The Hall–Kier alpha value is -2.48. The Bertz CT molecular complexity index is 1010. The van der Waals surface area contributed by atoms with E-state index in [9.17, 15) is 4.79 Å². The fourth-order valence-corrected chi connectivity index (χ4v) is 4.29. The Morgan fingerprint density at radius 1 is 1.37 bits per heavy atom. The predicted molar refractivity (Wildman–Crippen MR) is 103 cm³/mol. The van der Waals surface area contributed by atoms with E-state index in [1.165, 1.54) is 12.8 Å². The Kier molecular flexibility index (Phi) is 4.07. The maximum Gasteiger partial charge on any atom is 0.240 e.